The molecule has 3 rings (SSSR count). The Morgan fingerprint density at radius 2 is 2.05 bits per heavy atom. The number of rotatable bonds is 3. The molecule has 7 heteroatoms. The van der Waals surface area contributed by atoms with Crippen LogP contribution in [0.1, 0.15) is 15.9 Å². The summed E-state index contributed by atoms with van der Waals surface area (Å²) in [7, 11) is 1.33. The van der Waals surface area contributed by atoms with Gasteiger partial charge in [0.1, 0.15) is 17.7 Å². The normalized spacial score (nSPS) is 10.7. The molecule has 0 radical (unpaired) electrons. The zero-order valence-electron chi connectivity index (χ0n) is 12.0. The van der Waals surface area contributed by atoms with Crippen molar-refractivity contribution in [1.29, 1.82) is 0 Å². The molecule has 22 heavy (non-hydrogen) atoms. The van der Waals surface area contributed by atoms with E-state index in [1.165, 1.54) is 25.6 Å². The summed E-state index contributed by atoms with van der Waals surface area (Å²) in [6.07, 6.45) is 2.97. The fraction of sp³-hybridized carbons (Fsp3) is 0.133. The lowest BCUT2D eigenvalue weighted by molar-refractivity contribution is 0.0600. The molecule has 0 amide bonds. The number of methoxy groups -OCH3 is 1. The Labute approximate surface area is 125 Å². The second-order valence-electron chi connectivity index (χ2n) is 4.69. The van der Waals surface area contributed by atoms with Crippen LogP contribution in [-0.4, -0.2) is 27.7 Å². The molecular weight excluding hydrogens is 287 g/mol. The number of nitrogens with zero attached hydrogens (tertiary/aromatic N) is 3. The number of carbonyl (C=O) groups is 1. The van der Waals surface area contributed by atoms with Crippen LogP contribution in [0.15, 0.2) is 36.8 Å². The summed E-state index contributed by atoms with van der Waals surface area (Å²) in [5.74, 6) is -0.227. The number of esters is 1. The van der Waals surface area contributed by atoms with Crippen molar-refractivity contribution in [1.82, 2.24) is 14.6 Å². The predicted molar refractivity (Wildman–Crippen MR) is 78.7 cm³/mol. The van der Waals surface area contributed by atoms with E-state index in [0.29, 0.717) is 28.1 Å². The highest BCUT2D eigenvalue weighted by atomic mass is 19.1. The van der Waals surface area contributed by atoms with Gasteiger partial charge in [-0.05, 0) is 36.8 Å². The van der Waals surface area contributed by atoms with Crippen molar-refractivity contribution in [2.45, 2.75) is 6.92 Å². The fourth-order valence-corrected chi connectivity index (χ4v) is 2.24. The maximum absolute atomic E-state index is 13.0. The standard InChI is InChI=1S/C15H13FN4O2/c1-9-12(15(21)22-2)7-20-13(9)14(17-8-18-20)19-11-5-3-10(16)4-6-11/h3-8H,1-2H3,(H,17,18,19). The van der Waals surface area contributed by atoms with Gasteiger partial charge in [0.2, 0.25) is 0 Å². The van der Waals surface area contributed by atoms with E-state index in [1.54, 1.807) is 29.8 Å². The van der Waals surface area contributed by atoms with E-state index in [1.807, 2.05) is 0 Å². The van der Waals surface area contributed by atoms with Crippen LogP contribution in [0.3, 0.4) is 0 Å². The Balaban J connectivity index is 2.08. The molecule has 0 fully saturated rings. The average Bonchev–Trinajstić information content (AvgIpc) is 2.87. The van der Waals surface area contributed by atoms with E-state index in [9.17, 15) is 9.18 Å². The Bertz CT molecular complexity index is 843. The largest absolute Gasteiger partial charge is 0.465 e. The number of anilines is 2. The molecule has 0 aliphatic rings. The molecule has 1 aromatic carbocycles. The Morgan fingerprint density at radius 3 is 2.73 bits per heavy atom. The molecule has 0 unspecified atom stereocenters. The molecule has 0 spiro atoms. The lowest BCUT2D eigenvalue weighted by Crippen LogP contribution is -2.01. The van der Waals surface area contributed by atoms with Crippen molar-refractivity contribution in [2.75, 3.05) is 12.4 Å². The molecule has 0 aliphatic heterocycles. The third-order valence-corrected chi connectivity index (χ3v) is 3.34. The van der Waals surface area contributed by atoms with Crippen molar-refractivity contribution in [2.24, 2.45) is 0 Å². The predicted octanol–water partition coefficient (Wildman–Crippen LogP) is 2.71. The third-order valence-electron chi connectivity index (χ3n) is 3.34. The van der Waals surface area contributed by atoms with Crippen LogP contribution in [-0.2, 0) is 4.74 Å². The van der Waals surface area contributed by atoms with Crippen LogP contribution >= 0.6 is 0 Å². The van der Waals surface area contributed by atoms with E-state index >= 15 is 0 Å². The van der Waals surface area contributed by atoms with E-state index < -0.39 is 5.97 Å². The number of fused-ring (bicyclic) bond motifs is 1. The number of aromatic nitrogens is 3. The van der Waals surface area contributed by atoms with Gasteiger partial charge in [0.05, 0.1) is 12.7 Å². The highest BCUT2D eigenvalue weighted by Crippen LogP contribution is 2.25. The minimum atomic E-state index is -0.435. The van der Waals surface area contributed by atoms with Crippen molar-refractivity contribution in [3.63, 3.8) is 0 Å². The van der Waals surface area contributed by atoms with E-state index in [4.69, 9.17) is 4.74 Å². The summed E-state index contributed by atoms with van der Waals surface area (Å²) in [6.45, 7) is 1.79. The Kier molecular flexibility index (Phi) is 3.46. The molecule has 2 aromatic heterocycles. The number of benzene rings is 1. The molecule has 0 saturated carbocycles. The number of carbonyl (C=O) groups excluding carboxylic acids is 1. The zero-order valence-corrected chi connectivity index (χ0v) is 12.0. The van der Waals surface area contributed by atoms with Crippen LogP contribution in [0.25, 0.3) is 5.52 Å². The molecular formula is C15H13FN4O2. The second kappa shape index (κ2) is 5.44. The summed E-state index contributed by atoms with van der Waals surface area (Å²) in [5.41, 5.74) is 2.47. The number of halogens is 1. The zero-order chi connectivity index (χ0) is 15.7. The third kappa shape index (κ3) is 2.37. The SMILES string of the molecule is COC(=O)c1cn2ncnc(Nc3ccc(F)cc3)c2c1C. The summed E-state index contributed by atoms with van der Waals surface area (Å²) in [5, 5.41) is 7.19. The van der Waals surface area contributed by atoms with E-state index in [0.717, 1.165) is 0 Å². The Hall–Kier alpha value is -2.96. The van der Waals surface area contributed by atoms with Gasteiger partial charge >= 0.3 is 5.97 Å². The molecule has 112 valence electrons. The van der Waals surface area contributed by atoms with Gasteiger partial charge in [-0.1, -0.05) is 0 Å². The van der Waals surface area contributed by atoms with Gasteiger partial charge in [-0.15, -0.1) is 0 Å². The number of nitrogens with one attached hydrogen (secondary N) is 1. The maximum Gasteiger partial charge on any atom is 0.339 e. The minimum Gasteiger partial charge on any atom is -0.465 e. The van der Waals surface area contributed by atoms with E-state index in [2.05, 4.69) is 15.4 Å². The lowest BCUT2D eigenvalue weighted by atomic mass is 10.2. The number of ether oxygens (including phenoxy) is 1. The van der Waals surface area contributed by atoms with Crippen LogP contribution in [0.5, 0.6) is 0 Å². The van der Waals surface area contributed by atoms with Crippen LogP contribution in [0, 0.1) is 12.7 Å². The molecule has 0 saturated heterocycles. The van der Waals surface area contributed by atoms with Gasteiger partial charge in [-0.2, -0.15) is 5.10 Å². The molecule has 6 nitrogen and oxygen atoms in total. The maximum atomic E-state index is 13.0. The molecule has 1 N–H and O–H groups in total. The smallest absolute Gasteiger partial charge is 0.339 e. The van der Waals surface area contributed by atoms with Gasteiger partial charge < -0.3 is 10.1 Å². The average molecular weight is 300 g/mol. The first-order valence-electron chi connectivity index (χ1n) is 6.54. The molecule has 3 aromatic rings. The lowest BCUT2D eigenvalue weighted by Gasteiger charge is -2.07. The summed E-state index contributed by atoms with van der Waals surface area (Å²) in [4.78, 5) is 16.0. The monoisotopic (exact) mass is 300 g/mol. The topological polar surface area (TPSA) is 68.5 Å². The van der Waals surface area contributed by atoms with Crippen molar-refractivity contribution in [3.8, 4) is 0 Å². The summed E-state index contributed by atoms with van der Waals surface area (Å²) >= 11 is 0. The first-order chi connectivity index (χ1) is 10.6. The van der Waals surface area contributed by atoms with Crippen LogP contribution in [0.4, 0.5) is 15.9 Å². The first kappa shape index (κ1) is 14.0. The van der Waals surface area contributed by atoms with Gasteiger partial charge in [0, 0.05) is 11.9 Å². The summed E-state index contributed by atoms with van der Waals surface area (Å²) < 4.78 is 19.3. The van der Waals surface area contributed by atoms with Crippen molar-refractivity contribution in [3.05, 3.63) is 53.7 Å². The number of hydrogen-bond acceptors (Lipinski definition) is 5. The molecule has 0 aliphatic carbocycles. The number of aryl methyl sites for hydroxylation is 1. The van der Waals surface area contributed by atoms with Crippen molar-refractivity contribution < 1.29 is 13.9 Å². The number of hydrogen-bond donors (Lipinski definition) is 1. The van der Waals surface area contributed by atoms with Gasteiger partial charge in [0.25, 0.3) is 0 Å². The molecule has 0 atom stereocenters. The summed E-state index contributed by atoms with van der Waals surface area (Å²) in [6, 6.07) is 5.91. The highest BCUT2D eigenvalue weighted by molar-refractivity contribution is 5.95. The Morgan fingerprint density at radius 1 is 1.32 bits per heavy atom. The van der Waals surface area contributed by atoms with Gasteiger partial charge in [0.15, 0.2) is 5.82 Å². The highest BCUT2D eigenvalue weighted by Gasteiger charge is 2.18. The first-order valence-corrected chi connectivity index (χ1v) is 6.54. The molecule has 0 bridgehead atoms. The minimum absolute atomic E-state index is 0.315. The van der Waals surface area contributed by atoms with Gasteiger partial charge in [-0.25, -0.2) is 18.7 Å². The van der Waals surface area contributed by atoms with Crippen molar-refractivity contribution >= 4 is 23.0 Å². The van der Waals surface area contributed by atoms with Crippen LogP contribution < -0.4 is 5.32 Å². The fourth-order valence-electron chi connectivity index (χ4n) is 2.24. The quantitative estimate of drug-likeness (QED) is 0.753. The van der Waals surface area contributed by atoms with E-state index in [-0.39, 0.29) is 5.82 Å². The molecule has 2 heterocycles. The van der Waals surface area contributed by atoms with Gasteiger partial charge in [-0.3, -0.25) is 0 Å². The second-order valence-corrected chi connectivity index (χ2v) is 4.69. The van der Waals surface area contributed by atoms with Crippen LogP contribution in [0.2, 0.25) is 0 Å².